The molecule has 0 spiro atoms. The topological polar surface area (TPSA) is 63.4 Å². The Bertz CT molecular complexity index is 1100. The summed E-state index contributed by atoms with van der Waals surface area (Å²) in [7, 11) is 0. The number of amides is 1. The quantitative estimate of drug-likeness (QED) is 0.599. The van der Waals surface area contributed by atoms with E-state index in [0.717, 1.165) is 60.3 Å². The van der Waals surface area contributed by atoms with Gasteiger partial charge in [-0.15, -0.1) is 0 Å². The Labute approximate surface area is 184 Å². The summed E-state index contributed by atoms with van der Waals surface area (Å²) in [6.45, 7) is 12.3. The monoisotopic (exact) mass is 419 g/mol. The fourth-order valence-electron chi connectivity index (χ4n) is 4.63. The summed E-state index contributed by atoms with van der Waals surface area (Å²) in [6, 6.07) is 8.35. The lowest BCUT2D eigenvalue weighted by atomic mass is 9.81. The van der Waals surface area contributed by atoms with Crippen LogP contribution in [0.15, 0.2) is 30.6 Å². The lowest BCUT2D eigenvalue weighted by molar-refractivity contribution is 0.0702. The van der Waals surface area contributed by atoms with Gasteiger partial charge in [0.15, 0.2) is 0 Å². The van der Waals surface area contributed by atoms with Gasteiger partial charge in [-0.05, 0) is 55.7 Å². The number of hydrogen-bond acceptors (Lipinski definition) is 4. The number of likely N-dealkylation sites (tertiary alicyclic amines) is 1. The van der Waals surface area contributed by atoms with Crippen LogP contribution in [0.5, 0.6) is 0 Å². The number of hydrogen-bond donors (Lipinski definition) is 0. The molecule has 0 aliphatic carbocycles. The maximum absolute atomic E-state index is 13.8. The molecule has 31 heavy (non-hydrogen) atoms. The summed E-state index contributed by atoms with van der Waals surface area (Å²) in [4.78, 5) is 24.5. The average molecular weight is 420 g/mol. The zero-order valence-corrected chi connectivity index (χ0v) is 19.4. The first-order valence-corrected chi connectivity index (χ1v) is 11.3. The number of piperidine rings is 1. The lowest BCUT2D eigenvalue weighted by Crippen LogP contribution is -2.40. The van der Waals surface area contributed by atoms with Crippen molar-refractivity contribution in [1.29, 1.82) is 0 Å². The van der Waals surface area contributed by atoms with E-state index in [1.54, 1.807) is 6.33 Å². The van der Waals surface area contributed by atoms with Crippen molar-refractivity contribution in [2.45, 2.75) is 66.2 Å². The highest BCUT2D eigenvalue weighted by Gasteiger charge is 2.30. The van der Waals surface area contributed by atoms with E-state index in [4.69, 9.17) is 0 Å². The summed E-state index contributed by atoms with van der Waals surface area (Å²) >= 11 is 0. The van der Waals surface area contributed by atoms with Crippen LogP contribution in [-0.2, 0) is 6.42 Å². The number of carbonyl (C=O) groups is 1. The van der Waals surface area contributed by atoms with Crippen molar-refractivity contribution in [3.8, 4) is 0 Å². The van der Waals surface area contributed by atoms with Crippen LogP contribution in [0.3, 0.4) is 0 Å². The van der Waals surface area contributed by atoms with Crippen LogP contribution in [-0.4, -0.2) is 43.5 Å². The minimum absolute atomic E-state index is 0.158. The standard InChI is InChI=1S/C25H33N5O/c1-6-25(4,5)14-19-10-7-9-17(2)22(19)23(31)29-12-8-11-20(15-29)21-13-18(3)28-24-26-16-27-30(21)24/h7,9-10,13,16,20H,6,8,11-12,14-15H2,1-5H3. The van der Waals surface area contributed by atoms with E-state index in [0.29, 0.717) is 12.3 Å². The lowest BCUT2D eigenvalue weighted by Gasteiger charge is -2.34. The molecule has 1 fully saturated rings. The normalized spacial score (nSPS) is 17.3. The summed E-state index contributed by atoms with van der Waals surface area (Å²) in [5.41, 5.74) is 5.31. The summed E-state index contributed by atoms with van der Waals surface area (Å²) in [5.74, 6) is 1.01. The van der Waals surface area contributed by atoms with Crippen LogP contribution in [0.25, 0.3) is 5.78 Å². The van der Waals surface area contributed by atoms with E-state index >= 15 is 0 Å². The molecule has 0 radical (unpaired) electrons. The smallest absolute Gasteiger partial charge is 0.254 e. The van der Waals surface area contributed by atoms with E-state index in [-0.39, 0.29) is 17.2 Å². The largest absolute Gasteiger partial charge is 0.338 e. The van der Waals surface area contributed by atoms with Gasteiger partial charge in [-0.3, -0.25) is 4.79 Å². The predicted octanol–water partition coefficient (Wildman–Crippen LogP) is 4.74. The molecule has 1 aromatic carbocycles. The number of rotatable bonds is 5. The fraction of sp³-hybridized carbons (Fsp3) is 0.520. The molecule has 1 amide bonds. The second-order valence-electron chi connectivity index (χ2n) is 9.69. The third-order valence-corrected chi connectivity index (χ3v) is 6.73. The Morgan fingerprint density at radius 2 is 2.06 bits per heavy atom. The Balaban J connectivity index is 1.64. The van der Waals surface area contributed by atoms with Crippen molar-refractivity contribution < 1.29 is 4.79 Å². The van der Waals surface area contributed by atoms with Gasteiger partial charge >= 0.3 is 0 Å². The van der Waals surface area contributed by atoms with E-state index < -0.39 is 0 Å². The molecule has 4 rings (SSSR count). The summed E-state index contributed by atoms with van der Waals surface area (Å²) in [5, 5.41) is 4.38. The highest BCUT2D eigenvalue weighted by Crippen LogP contribution is 2.32. The second-order valence-corrected chi connectivity index (χ2v) is 9.69. The molecule has 3 heterocycles. The molecule has 164 valence electrons. The molecule has 1 unspecified atom stereocenters. The third-order valence-electron chi connectivity index (χ3n) is 6.73. The molecule has 0 saturated carbocycles. The number of nitrogens with zero attached hydrogens (tertiary/aromatic N) is 5. The van der Waals surface area contributed by atoms with Crippen molar-refractivity contribution >= 4 is 11.7 Å². The Hall–Kier alpha value is -2.76. The molecule has 3 aromatic rings. The first kappa shape index (κ1) is 21.5. The Morgan fingerprint density at radius 1 is 1.26 bits per heavy atom. The Morgan fingerprint density at radius 3 is 2.84 bits per heavy atom. The van der Waals surface area contributed by atoms with Crippen molar-refractivity contribution in [3.05, 3.63) is 58.7 Å². The summed E-state index contributed by atoms with van der Waals surface area (Å²) in [6.07, 6.45) is 5.55. The second kappa shape index (κ2) is 8.40. The van der Waals surface area contributed by atoms with Crippen LogP contribution >= 0.6 is 0 Å². The zero-order chi connectivity index (χ0) is 22.2. The van der Waals surface area contributed by atoms with E-state index in [1.807, 2.05) is 16.3 Å². The number of aryl methyl sites for hydroxylation is 2. The van der Waals surface area contributed by atoms with Gasteiger partial charge in [0, 0.05) is 30.3 Å². The van der Waals surface area contributed by atoms with Gasteiger partial charge in [-0.1, -0.05) is 45.4 Å². The summed E-state index contributed by atoms with van der Waals surface area (Å²) < 4.78 is 1.83. The molecular formula is C25H33N5O. The maximum Gasteiger partial charge on any atom is 0.254 e. The molecule has 1 atom stereocenters. The van der Waals surface area contributed by atoms with Gasteiger partial charge in [0.25, 0.3) is 11.7 Å². The molecule has 6 nitrogen and oxygen atoms in total. The van der Waals surface area contributed by atoms with Crippen molar-refractivity contribution in [3.63, 3.8) is 0 Å². The minimum atomic E-state index is 0.158. The predicted molar refractivity (Wildman–Crippen MR) is 122 cm³/mol. The van der Waals surface area contributed by atoms with Crippen molar-refractivity contribution in [2.75, 3.05) is 13.1 Å². The molecule has 1 aliphatic heterocycles. The molecule has 1 saturated heterocycles. The maximum atomic E-state index is 13.8. The molecular weight excluding hydrogens is 386 g/mol. The third kappa shape index (κ3) is 4.34. The van der Waals surface area contributed by atoms with Gasteiger partial charge < -0.3 is 4.90 Å². The van der Waals surface area contributed by atoms with Crippen molar-refractivity contribution in [1.82, 2.24) is 24.5 Å². The van der Waals surface area contributed by atoms with Crippen molar-refractivity contribution in [2.24, 2.45) is 5.41 Å². The molecule has 6 heteroatoms. The van der Waals surface area contributed by atoms with E-state index in [1.165, 1.54) is 0 Å². The number of benzene rings is 1. The van der Waals surface area contributed by atoms with Crippen LogP contribution in [0.4, 0.5) is 0 Å². The highest BCUT2D eigenvalue weighted by molar-refractivity contribution is 5.97. The molecule has 1 aliphatic rings. The van der Waals surface area contributed by atoms with Gasteiger partial charge in [0.1, 0.15) is 6.33 Å². The minimum Gasteiger partial charge on any atom is -0.338 e. The number of carbonyl (C=O) groups excluding carboxylic acids is 1. The zero-order valence-electron chi connectivity index (χ0n) is 19.4. The Kier molecular flexibility index (Phi) is 5.82. The SMILES string of the molecule is CCC(C)(C)Cc1cccc(C)c1C(=O)N1CCCC(c2cc(C)nc3ncnn23)C1. The first-order chi connectivity index (χ1) is 14.8. The molecule has 0 bridgehead atoms. The number of aromatic nitrogens is 4. The first-order valence-electron chi connectivity index (χ1n) is 11.3. The van der Waals surface area contributed by atoms with Crippen LogP contribution in [0.1, 0.15) is 78.8 Å². The van der Waals surface area contributed by atoms with Gasteiger partial charge in [-0.2, -0.15) is 10.1 Å². The van der Waals surface area contributed by atoms with Gasteiger partial charge in [0.2, 0.25) is 0 Å². The van der Waals surface area contributed by atoms with Crippen LogP contribution in [0, 0.1) is 19.3 Å². The van der Waals surface area contributed by atoms with E-state index in [9.17, 15) is 4.79 Å². The van der Waals surface area contributed by atoms with Gasteiger partial charge in [0.05, 0.1) is 5.69 Å². The highest BCUT2D eigenvalue weighted by atomic mass is 16.2. The van der Waals surface area contributed by atoms with Crippen LogP contribution < -0.4 is 0 Å². The molecule has 0 N–H and O–H groups in total. The van der Waals surface area contributed by atoms with Crippen LogP contribution in [0.2, 0.25) is 0 Å². The van der Waals surface area contributed by atoms with E-state index in [2.05, 4.69) is 67.0 Å². The fourth-order valence-corrected chi connectivity index (χ4v) is 4.63. The average Bonchev–Trinajstić information content (AvgIpc) is 3.21. The number of fused-ring (bicyclic) bond motifs is 1. The van der Waals surface area contributed by atoms with Gasteiger partial charge in [-0.25, -0.2) is 9.50 Å². The molecule has 2 aromatic heterocycles.